The van der Waals surface area contributed by atoms with E-state index >= 15 is 0 Å². The molecule has 0 aromatic rings. The number of carbonyl (C=O) groups is 1. The number of fused-ring (bicyclic) bond motifs is 2. The fourth-order valence-corrected chi connectivity index (χ4v) is 5.80. The van der Waals surface area contributed by atoms with Gasteiger partial charge >= 0.3 is 5.97 Å². The van der Waals surface area contributed by atoms with Crippen molar-refractivity contribution in [3.63, 3.8) is 0 Å². The number of esters is 1. The van der Waals surface area contributed by atoms with Crippen LogP contribution in [0.5, 0.6) is 0 Å². The summed E-state index contributed by atoms with van der Waals surface area (Å²) in [6, 6.07) is 0. The van der Waals surface area contributed by atoms with Crippen molar-refractivity contribution in [1.82, 2.24) is 0 Å². The van der Waals surface area contributed by atoms with Crippen LogP contribution >= 0.6 is 0 Å². The van der Waals surface area contributed by atoms with Gasteiger partial charge in [0, 0.05) is 12.5 Å². The van der Waals surface area contributed by atoms with Crippen molar-refractivity contribution in [1.29, 1.82) is 0 Å². The summed E-state index contributed by atoms with van der Waals surface area (Å²) >= 11 is 0. The number of aliphatic hydroxyl groups is 2. The maximum atomic E-state index is 12.2. The first kappa shape index (κ1) is 12.2. The minimum atomic E-state index is -0.444. The van der Waals surface area contributed by atoms with E-state index in [1.807, 2.05) is 0 Å². The molecule has 0 amide bonds. The van der Waals surface area contributed by atoms with Gasteiger partial charge in [-0.05, 0) is 41.9 Å². The summed E-state index contributed by atoms with van der Waals surface area (Å²) < 4.78 is 5.28. The Morgan fingerprint density at radius 3 is 2.74 bits per heavy atom. The van der Waals surface area contributed by atoms with Crippen molar-refractivity contribution in [2.75, 3.05) is 13.2 Å². The van der Waals surface area contributed by atoms with E-state index in [1.165, 1.54) is 0 Å². The number of ether oxygens (including phenoxy) is 1. The van der Waals surface area contributed by atoms with Gasteiger partial charge in [0.05, 0.1) is 18.1 Å². The first-order valence-electron chi connectivity index (χ1n) is 7.34. The van der Waals surface area contributed by atoms with Crippen LogP contribution in [0.4, 0.5) is 0 Å². The third-order valence-electron chi connectivity index (χ3n) is 6.94. The molecule has 7 atom stereocenters. The molecule has 3 aliphatic carbocycles. The molecule has 1 spiro atoms. The second-order valence-electron chi connectivity index (χ2n) is 7.91. The Balaban J connectivity index is 1.76. The molecular formula is C15H22O4. The first-order valence-corrected chi connectivity index (χ1v) is 7.34. The quantitative estimate of drug-likeness (QED) is 0.694. The molecule has 0 aromatic carbocycles. The minimum absolute atomic E-state index is 0.0118. The maximum Gasteiger partial charge on any atom is 0.313 e. The van der Waals surface area contributed by atoms with Gasteiger partial charge in [-0.25, -0.2) is 0 Å². The average Bonchev–Trinajstić information content (AvgIpc) is 2.68. The number of hydrogen-bond donors (Lipinski definition) is 2. The van der Waals surface area contributed by atoms with E-state index in [0.29, 0.717) is 12.5 Å². The van der Waals surface area contributed by atoms with Crippen LogP contribution in [-0.2, 0) is 9.53 Å². The lowest BCUT2D eigenvalue weighted by molar-refractivity contribution is -0.145. The third-order valence-corrected chi connectivity index (χ3v) is 6.94. The Morgan fingerprint density at radius 2 is 2.05 bits per heavy atom. The second-order valence-corrected chi connectivity index (χ2v) is 7.91. The SMILES string of the molecule is C[C@@]1(CO)C[C@H]2[C@H](O)[C@H]3COC(=O)[C@]34C[C@]4(C)[C@H]2C1. The highest BCUT2D eigenvalue weighted by Gasteiger charge is 2.83. The summed E-state index contributed by atoms with van der Waals surface area (Å²) in [6.45, 7) is 4.85. The zero-order chi connectivity index (χ0) is 13.6. The zero-order valence-corrected chi connectivity index (χ0v) is 11.6. The van der Waals surface area contributed by atoms with E-state index in [0.717, 1.165) is 19.3 Å². The lowest BCUT2D eigenvalue weighted by atomic mass is 9.63. The molecular weight excluding hydrogens is 244 g/mol. The summed E-state index contributed by atoms with van der Waals surface area (Å²) in [5.41, 5.74) is -0.512. The van der Waals surface area contributed by atoms with Crippen LogP contribution in [0, 0.1) is 34.0 Å². The van der Waals surface area contributed by atoms with Gasteiger partial charge in [0.15, 0.2) is 0 Å². The molecule has 0 bridgehead atoms. The highest BCUT2D eigenvalue weighted by Crippen LogP contribution is 2.81. The molecule has 19 heavy (non-hydrogen) atoms. The highest BCUT2D eigenvalue weighted by atomic mass is 16.5. The summed E-state index contributed by atoms with van der Waals surface area (Å²) in [7, 11) is 0. The van der Waals surface area contributed by atoms with Crippen molar-refractivity contribution >= 4 is 5.97 Å². The number of aliphatic hydroxyl groups excluding tert-OH is 2. The molecule has 106 valence electrons. The third kappa shape index (κ3) is 1.13. The first-order chi connectivity index (χ1) is 8.88. The van der Waals surface area contributed by atoms with Gasteiger partial charge in [-0.1, -0.05) is 13.8 Å². The van der Waals surface area contributed by atoms with E-state index < -0.39 is 11.5 Å². The normalized spacial score (nSPS) is 62.2. The Morgan fingerprint density at radius 1 is 1.32 bits per heavy atom. The molecule has 0 aromatic heterocycles. The van der Waals surface area contributed by atoms with Crippen molar-refractivity contribution in [2.24, 2.45) is 34.0 Å². The lowest BCUT2D eigenvalue weighted by Gasteiger charge is -2.41. The standard InChI is InChI=1S/C15H22O4/c1-13(7-16)3-8-9(4-13)14(2)6-15(14)10(11(8)17)5-19-12(15)18/h8-11,16-17H,3-7H2,1-2H3/t8-,9+,10-,11+,13-,14-,15+/m1/s1. The highest BCUT2D eigenvalue weighted by molar-refractivity contribution is 5.85. The van der Waals surface area contributed by atoms with Crippen LogP contribution in [0.1, 0.15) is 33.1 Å². The molecule has 4 heteroatoms. The number of cyclic esters (lactones) is 1. The molecule has 2 N–H and O–H groups in total. The van der Waals surface area contributed by atoms with E-state index in [4.69, 9.17) is 4.74 Å². The molecule has 0 radical (unpaired) electrons. The summed E-state index contributed by atoms with van der Waals surface area (Å²) in [4.78, 5) is 12.2. The summed E-state index contributed by atoms with van der Waals surface area (Å²) in [5.74, 6) is 0.459. The van der Waals surface area contributed by atoms with E-state index in [9.17, 15) is 15.0 Å². The fraction of sp³-hybridized carbons (Fsp3) is 0.933. The predicted octanol–water partition coefficient (Wildman–Crippen LogP) is 0.955. The smallest absolute Gasteiger partial charge is 0.313 e. The Bertz CT molecular complexity index is 463. The van der Waals surface area contributed by atoms with E-state index in [1.54, 1.807) is 0 Å². The topological polar surface area (TPSA) is 66.8 Å². The van der Waals surface area contributed by atoms with Gasteiger partial charge in [-0.2, -0.15) is 0 Å². The monoisotopic (exact) mass is 266 g/mol. The molecule has 0 unspecified atom stereocenters. The number of hydrogen-bond acceptors (Lipinski definition) is 4. The summed E-state index contributed by atoms with van der Waals surface area (Å²) in [5, 5.41) is 20.3. The predicted molar refractivity (Wildman–Crippen MR) is 67.0 cm³/mol. The largest absolute Gasteiger partial charge is 0.465 e. The van der Waals surface area contributed by atoms with Crippen LogP contribution in [0.2, 0.25) is 0 Å². The van der Waals surface area contributed by atoms with Gasteiger partial charge in [0.1, 0.15) is 0 Å². The second kappa shape index (κ2) is 3.17. The van der Waals surface area contributed by atoms with Crippen LogP contribution in [0.15, 0.2) is 0 Å². The van der Waals surface area contributed by atoms with Gasteiger partial charge in [-0.15, -0.1) is 0 Å². The summed E-state index contributed by atoms with van der Waals surface area (Å²) in [6.07, 6.45) is 2.21. The van der Waals surface area contributed by atoms with Gasteiger partial charge in [-0.3, -0.25) is 4.79 Å². The van der Waals surface area contributed by atoms with Crippen molar-refractivity contribution in [3.05, 3.63) is 0 Å². The van der Waals surface area contributed by atoms with Crippen LogP contribution in [0.25, 0.3) is 0 Å². The number of rotatable bonds is 1. The fourth-order valence-electron chi connectivity index (χ4n) is 5.80. The number of carbonyl (C=O) groups excluding carboxylic acids is 1. The molecule has 4 fully saturated rings. The molecule has 1 saturated heterocycles. The lowest BCUT2D eigenvalue weighted by Crippen LogP contribution is -2.47. The Hall–Kier alpha value is -0.610. The Kier molecular flexibility index (Phi) is 2.03. The molecule has 1 heterocycles. The molecule has 4 rings (SSSR count). The van der Waals surface area contributed by atoms with Gasteiger partial charge < -0.3 is 14.9 Å². The zero-order valence-electron chi connectivity index (χ0n) is 11.6. The molecule has 1 aliphatic heterocycles. The van der Waals surface area contributed by atoms with Crippen LogP contribution < -0.4 is 0 Å². The van der Waals surface area contributed by atoms with Gasteiger partial charge in [0.2, 0.25) is 0 Å². The van der Waals surface area contributed by atoms with Gasteiger partial charge in [0.25, 0.3) is 0 Å². The molecule has 4 nitrogen and oxygen atoms in total. The van der Waals surface area contributed by atoms with Crippen LogP contribution in [0.3, 0.4) is 0 Å². The van der Waals surface area contributed by atoms with Crippen molar-refractivity contribution in [2.45, 2.75) is 39.2 Å². The average molecular weight is 266 g/mol. The van der Waals surface area contributed by atoms with Crippen LogP contribution in [-0.4, -0.2) is 35.5 Å². The van der Waals surface area contributed by atoms with E-state index in [2.05, 4.69) is 13.8 Å². The molecule has 4 aliphatic rings. The molecule has 3 saturated carbocycles. The maximum absolute atomic E-state index is 12.2. The minimum Gasteiger partial charge on any atom is -0.465 e. The Labute approximate surface area is 113 Å². The van der Waals surface area contributed by atoms with E-state index in [-0.39, 0.29) is 35.2 Å². The van der Waals surface area contributed by atoms with Crippen molar-refractivity contribution in [3.8, 4) is 0 Å². The van der Waals surface area contributed by atoms with Crippen molar-refractivity contribution < 1.29 is 19.7 Å².